The van der Waals surface area contributed by atoms with Crippen molar-refractivity contribution in [2.45, 2.75) is 6.61 Å². The number of ether oxygens (including phenoxy) is 1. The molecule has 7 heteroatoms. The van der Waals surface area contributed by atoms with E-state index in [2.05, 4.69) is 20.9 Å². The molecule has 0 amide bonds. The van der Waals surface area contributed by atoms with Gasteiger partial charge in [-0.05, 0) is 51.8 Å². The highest BCUT2D eigenvalue weighted by Crippen LogP contribution is 2.10. The molecule has 3 rings (SSSR count). The van der Waals surface area contributed by atoms with Crippen molar-refractivity contribution in [3.63, 3.8) is 0 Å². The Balaban J connectivity index is 1.69. The Bertz CT molecular complexity index is 1030. The summed E-state index contributed by atoms with van der Waals surface area (Å²) in [5.74, 6) is -0.995. The molecule has 0 N–H and O–H groups in total. The largest absolute Gasteiger partial charge is 0.456 e. The first-order valence-corrected chi connectivity index (χ1v) is 8.09. The van der Waals surface area contributed by atoms with Gasteiger partial charge in [-0.25, -0.2) is 14.2 Å². The number of fused-ring (bicyclic) bond motifs is 1. The van der Waals surface area contributed by atoms with Gasteiger partial charge >= 0.3 is 5.97 Å². The molecule has 0 aliphatic carbocycles. The Morgan fingerprint density at radius 1 is 1.28 bits per heavy atom. The average Bonchev–Trinajstić information content (AvgIpc) is 2.59. The Morgan fingerprint density at radius 3 is 2.92 bits per heavy atom. The lowest BCUT2D eigenvalue weighted by Gasteiger charge is -2.05. The molecule has 1 aromatic carbocycles. The van der Waals surface area contributed by atoms with Gasteiger partial charge in [-0.1, -0.05) is 12.1 Å². The summed E-state index contributed by atoms with van der Waals surface area (Å²) in [6.07, 6.45) is 4.26. The van der Waals surface area contributed by atoms with E-state index in [0.29, 0.717) is 16.9 Å². The van der Waals surface area contributed by atoms with Gasteiger partial charge in [-0.15, -0.1) is 0 Å². The molecule has 0 spiro atoms. The second-order valence-electron chi connectivity index (χ2n) is 5.16. The van der Waals surface area contributed by atoms with Gasteiger partial charge in [0.05, 0.1) is 5.69 Å². The van der Waals surface area contributed by atoms with Crippen LogP contribution < -0.4 is 5.56 Å². The molecule has 0 saturated carbocycles. The van der Waals surface area contributed by atoms with Crippen molar-refractivity contribution in [1.82, 2.24) is 9.38 Å². The number of halogens is 2. The molecule has 25 heavy (non-hydrogen) atoms. The Morgan fingerprint density at radius 2 is 2.12 bits per heavy atom. The average molecular weight is 403 g/mol. The fraction of sp³-hybridized carbons (Fsp3) is 0.0556. The number of nitrogens with zero attached hydrogens (tertiary/aromatic N) is 2. The Kier molecular flexibility index (Phi) is 5.04. The molecular weight excluding hydrogens is 391 g/mol. The van der Waals surface area contributed by atoms with Crippen molar-refractivity contribution in [3.05, 3.63) is 86.6 Å². The highest BCUT2D eigenvalue weighted by molar-refractivity contribution is 9.10. The minimum Gasteiger partial charge on any atom is -0.456 e. The lowest BCUT2D eigenvalue weighted by Crippen LogP contribution is -2.16. The molecule has 2 heterocycles. The highest BCUT2D eigenvalue weighted by Gasteiger charge is 2.05. The van der Waals surface area contributed by atoms with Gasteiger partial charge in [-0.2, -0.15) is 0 Å². The van der Waals surface area contributed by atoms with Crippen LogP contribution >= 0.6 is 15.9 Å². The monoisotopic (exact) mass is 402 g/mol. The number of pyridine rings is 1. The van der Waals surface area contributed by atoms with Crippen LogP contribution in [0.2, 0.25) is 0 Å². The molecule has 126 valence electrons. The third-order valence-electron chi connectivity index (χ3n) is 3.30. The van der Waals surface area contributed by atoms with Gasteiger partial charge in [0.2, 0.25) is 0 Å². The molecule has 0 fully saturated rings. The maximum absolute atomic E-state index is 13.1. The van der Waals surface area contributed by atoms with Gasteiger partial charge in [0, 0.05) is 22.8 Å². The van der Waals surface area contributed by atoms with Crippen molar-refractivity contribution in [3.8, 4) is 0 Å². The van der Waals surface area contributed by atoms with Crippen LogP contribution in [0.4, 0.5) is 4.39 Å². The van der Waals surface area contributed by atoms with E-state index in [1.165, 1.54) is 34.8 Å². The van der Waals surface area contributed by atoms with E-state index in [0.717, 1.165) is 4.47 Å². The number of hydrogen-bond donors (Lipinski definition) is 0. The second kappa shape index (κ2) is 7.40. The Hall–Kier alpha value is -2.80. The number of rotatable bonds is 4. The minimum absolute atomic E-state index is 0.131. The van der Waals surface area contributed by atoms with Crippen molar-refractivity contribution < 1.29 is 13.9 Å². The van der Waals surface area contributed by atoms with Crippen LogP contribution in [0.3, 0.4) is 0 Å². The molecule has 0 aliphatic rings. The normalized spacial score (nSPS) is 11.1. The van der Waals surface area contributed by atoms with Gasteiger partial charge in [0.25, 0.3) is 5.56 Å². The molecule has 0 atom stereocenters. The van der Waals surface area contributed by atoms with Crippen molar-refractivity contribution >= 4 is 33.6 Å². The number of carbonyl (C=O) groups excluding carboxylic acids is 1. The molecule has 3 aromatic rings. The van der Waals surface area contributed by atoms with E-state index >= 15 is 0 Å². The fourth-order valence-electron chi connectivity index (χ4n) is 2.17. The third kappa shape index (κ3) is 4.39. The molecule has 5 nitrogen and oxygen atoms in total. The van der Waals surface area contributed by atoms with Crippen molar-refractivity contribution in [2.24, 2.45) is 0 Å². The quantitative estimate of drug-likeness (QED) is 0.495. The summed E-state index contributed by atoms with van der Waals surface area (Å²) in [7, 11) is 0. The van der Waals surface area contributed by atoms with E-state index in [1.807, 2.05) is 0 Å². The first-order valence-electron chi connectivity index (χ1n) is 7.29. The predicted molar refractivity (Wildman–Crippen MR) is 94.4 cm³/mol. The molecule has 2 aromatic heterocycles. The zero-order valence-corrected chi connectivity index (χ0v) is 14.4. The number of hydrogen-bond acceptors (Lipinski definition) is 4. The predicted octanol–water partition coefficient (Wildman–Crippen LogP) is 3.35. The van der Waals surface area contributed by atoms with E-state index in [-0.39, 0.29) is 18.0 Å². The van der Waals surface area contributed by atoms with Gasteiger partial charge in [0.1, 0.15) is 18.1 Å². The van der Waals surface area contributed by atoms with Crippen LogP contribution in [-0.2, 0) is 16.1 Å². The second-order valence-corrected chi connectivity index (χ2v) is 6.07. The standard InChI is InChI=1S/C18H12BrFN2O3/c19-13-5-6-16-21-15(9-17(23)22(16)10-13)11-25-18(24)7-4-12-2-1-3-14(20)8-12/h1-10H,11H2. The summed E-state index contributed by atoms with van der Waals surface area (Å²) in [6.45, 7) is -0.131. The molecule has 0 bridgehead atoms. The fourth-order valence-corrected chi connectivity index (χ4v) is 2.50. The summed E-state index contributed by atoms with van der Waals surface area (Å²) >= 11 is 3.29. The first-order chi connectivity index (χ1) is 12.0. The summed E-state index contributed by atoms with van der Waals surface area (Å²) < 4.78 is 20.3. The molecular formula is C18H12BrFN2O3. The lowest BCUT2D eigenvalue weighted by atomic mass is 10.2. The number of esters is 1. The summed E-state index contributed by atoms with van der Waals surface area (Å²) in [5, 5.41) is 0. The number of aromatic nitrogens is 2. The van der Waals surface area contributed by atoms with Crippen LogP contribution in [0.1, 0.15) is 11.3 Å². The Labute approximate surface area is 150 Å². The van der Waals surface area contributed by atoms with Crippen molar-refractivity contribution in [1.29, 1.82) is 0 Å². The molecule has 0 aliphatic heterocycles. The van der Waals surface area contributed by atoms with Crippen LogP contribution in [0, 0.1) is 5.82 Å². The molecule has 0 saturated heterocycles. The van der Waals surface area contributed by atoms with E-state index in [4.69, 9.17) is 4.74 Å². The zero-order valence-electron chi connectivity index (χ0n) is 12.9. The van der Waals surface area contributed by atoms with E-state index in [9.17, 15) is 14.0 Å². The topological polar surface area (TPSA) is 60.7 Å². The van der Waals surface area contributed by atoms with Gasteiger partial charge in [0.15, 0.2) is 0 Å². The molecule has 0 unspecified atom stereocenters. The zero-order chi connectivity index (χ0) is 17.8. The minimum atomic E-state index is -0.609. The summed E-state index contributed by atoms with van der Waals surface area (Å²) in [6, 6.07) is 10.6. The van der Waals surface area contributed by atoms with Gasteiger partial charge < -0.3 is 4.74 Å². The van der Waals surface area contributed by atoms with E-state index < -0.39 is 5.97 Å². The summed E-state index contributed by atoms with van der Waals surface area (Å²) in [5.41, 5.74) is 1.08. The lowest BCUT2D eigenvalue weighted by molar-refractivity contribution is -0.139. The van der Waals surface area contributed by atoms with Crippen LogP contribution in [0.25, 0.3) is 11.7 Å². The van der Waals surface area contributed by atoms with Crippen molar-refractivity contribution in [2.75, 3.05) is 0 Å². The maximum Gasteiger partial charge on any atom is 0.331 e. The number of benzene rings is 1. The highest BCUT2D eigenvalue weighted by atomic mass is 79.9. The first kappa shape index (κ1) is 17.0. The van der Waals surface area contributed by atoms with Crippen LogP contribution in [0.15, 0.2) is 64.0 Å². The van der Waals surface area contributed by atoms with E-state index in [1.54, 1.807) is 30.5 Å². The SMILES string of the molecule is O=C(C=Cc1cccc(F)c1)OCc1cc(=O)n2cc(Br)ccc2n1. The van der Waals surface area contributed by atoms with Crippen LogP contribution in [0.5, 0.6) is 0 Å². The maximum atomic E-state index is 13.1. The molecule has 0 radical (unpaired) electrons. The smallest absolute Gasteiger partial charge is 0.331 e. The van der Waals surface area contributed by atoms with Crippen LogP contribution in [-0.4, -0.2) is 15.4 Å². The summed E-state index contributed by atoms with van der Waals surface area (Å²) in [4.78, 5) is 28.1. The third-order valence-corrected chi connectivity index (χ3v) is 3.77. The van der Waals surface area contributed by atoms with Gasteiger partial charge in [-0.3, -0.25) is 9.20 Å². The number of carbonyl (C=O) groups is 1.